The molecule has 0 radical (unpaired) electrons. The van der Waals surface area contributed by atoms with Crippen molar-refractivity contribution in [2.45, 2.75) is 25.8 Å². The first-order chi connectivity index (χ1) is 7.78. The Morgan fingerprint density at radius 2 is 2.38 bits per heavy atom. The minimum Gasteiger partial charge on any atom is -0.494 e. The molecule has 0 unspecified atom stereocenters. The second-order valence-electron chi connectivity index (χ2n) is 3.83. The van der Waals surface area contributed by atoms with Gasteiger partial charge in [0, 0.05) is 11.8 Å². The number of nitrogens with one attached hydrogen (secondary N) is 1. The zero-order chi connectivity index (χ0) is 11.4. The largest absolute Gasteiger partial charge is 0.494 e. The summed E-state index contributed by atoms with van der Waals surface area (Å²) in [6, 6.07) is 8.14. The highest BCUT2D eigenvalue weighted by molar-refractivity contribution is 5.92. The van der Waals surface area contributed by atoms with Crippen molar-refractivity contribution in [2.24, 2.45) is 10.7 Å². The van der Waals surface area contributed by atoms with E-state index in [1.807, 2.05) is 31.2 Å². The number of rotatable bonds is 4. The van der Waals surface area contributed by atoms with E-state index in [0.717, 1.165) is 24.3 Å². The third-order valence-corrected chi connectivity index (χ3v) is 2.29. The first kappa shape index (κ1) is 10.8. The molecule has 0 aromatic heterocycles. The van der Waals surface area contributed by atoms with Gasteiger partial charge in [-0.3, -0.25) is 0 Å². The summed E-state index contributed by atoms with van der Waals surface area (Å²) in [6.45, 7) is 2.62. The molecule has 0 amide bonds. The lowest BCUT2D eigenvalue weighted by Gasteiger charge is -2.08. The van der Waals surface area contributed by atoms with Crippen LogP contribution >= 0.6 is 0 Å². The number of aliphatic imine (C=N–C) groups is 1. The van der Waals surface area contributed by atoms with Crippen molar-refractivity contribution < 1.29 is 4.74 Å². The van der Waals surface area contributed by atoms with Crippen LogP contribution in [-0.2, 0) is 0 Å². The molecule has 1 fully saturated rings. The van der Waals surface area contributed by atoms with Crippen molar-refractivity contribution in [1.82, 2.24) is 0 Å². The second-order valence-corrected chi connectivity index (χ2v) is 3.83. The number of benzene rings is 1. The number of hydrogen-bond acceptors (Lipinski definition) is 2. The molecule has 2 rings (SSSR count). The highest BCUT2D eigenvalue weighted by Crippen LogP contribution is 2.23. The van der Waals surface area contributed by atoms with Gasteiger partial charge in [-0.15, -0.1) is 0 Å². The van der Waals surface area contributed by atoms with Crippen LogP contribution in [0, 0.1) is 0 Å². The molecule has 1 saturated carbocycles. The van der Waals surface area contributed by atoms with Gasteiger partial charge in [-0.25, -0.2) is 4.99 Å². The quantitative estimate of drug-likeness (QED) is 0.601. The molecule has 1 aliphatic rings. The van der Waals surface area contributed by atoms with Crippen LogP contribution in [0.5, 0.6) is 5.75 Å². The number of anilines is 1. The van der Waals surface area contributed by atoms with E-state index in [4.69, 9.17) is 10.5 Å². The molecule has 0 bridgehead atoms. The summed E-state index contributed by atoms with van der Waals surface area (Å²) < 4.78 is 5.40. The third-order valence-electron chi connectivity index (χ3n) is 2.29. The molecule has 1 aliphatic carbocycles. The maximum Gasteiger partial charge on any atom is 0.193 e. The van der Waals surface area contributed by atoms with E-state index >= 15 is 0 Å². The Labute approximate surface area is 95.5 Å². The SMILES string of the molecule is CCOc1cccc(NC(N)=NC2CC2)c1. The first-order valence-corrected chi connectivity index (χ1v) is 5.61. The molecular formula is C12H17N3O. The molecule has 0 atom stereocenters. The van der Waals surface area contributed by atoms with Crippen LogP contribution < -0.4 is 15.8 Å². The lowest BCUT2D eigenvalue weighted by atomic mass is 10.3. The molecule has 0 spiro atoms. The fourth-order valence-electron chi connectivity index (χ4n) is 1.41. The van der Waals surface area contributed by atoms with Gasteiger partial charge in [-0.1, -0.05) is 6.07 Å². The predicted molar refractivity (Wildman–Crippen MR) is 65.9 cm³/mol. The van der Waals surface area contributed by atoms with Crippen molar-refractivity contribution in [3.63, 3.8) is 0 Å². The van der Waals surface area contributed by atoms with Crippen molar-refractivity contribution in [3.8, 4) is 5.75 Å². The average molecular weight is 219 g/mol. The molecule has 1 aromatic rings. The van der Waals surface area contributed by atoms with Crippen LogP contribution in [-0.4, -0.2) is 18.6 Å². The zero-order valence-electron chi connectivity index (χ0n) is 9.44. The maximum atomic E-state index is 5.77. The average Bonchev–Trinajstić information content (AvgIpc) is 3.02. The molecule has 1 aromatic carbocycles. The molecule has 0 saturated heterocycles. The Bertz CT molecular complexity index is 386. The Morgan fingerprint density at radius 1 is 1.56 bits per heavy atom. The van der Waals surface area contributed by atoms with E-state index in [9.17, 15) is 0 Å². The Kier molecular flexibility index (Phi) is 3.29. The van der Waals surface area contributed by atoms with Gasteiger partial charge >= 0.3 is 0 Å². The Balaban J connectivity index is 1.99. The fourth-order valence-corrected chi connectivity index (χ4v) is 1.41. The molecular weight excluding hydrogens is 202 g/mol. The highest BCUT2D eigenvalue weighted by Gasteiger charge is 2.20. The van der Waals surface area contributed by atoms with E-state index in [0.29, 0.717) is 18.6 Å². The van der Waals surface area contributed by atoms with Crippen LogP contribution in [0.3, 0.4) is 0 Å². The van der Waals surface area contributed by atoms with Crippen molar-refractivity contribution in [2.75, 3.05) is 11.9 Å². The van der Waals surface area contributed by atoms with Gasteiger partial charge in [0.2, 0.25) is 0 Å². The molecule has 0 aliphatic heterocycles. The summed E-state index contributed by atoms with van der Waals surface area (Å²) in [5.74, 6) is 1.32. The second kappa shape index (κ2) is 4.88. The maximum absolute atomic E-state index is 5.77. The third kappa shape index (κ3) is 3.15. The lowest BCUT2D eigenvalue weighted by molar-refractivity contribution is 0.340. The molecule has 0 heterocycles. The summed E-state index contributed by atoms with van der Waals surface area (Å²) in [6.07, 6.45) is 2.31. The van der Waals surface area contributed by atoms with E-state index < -0.39 is 0 Å². The minimum atomic E-state index is 0.433. The number of hydrogen-bond donors (Lipinski definition) is 2. The predicted octanol–water partition coefficient (Wildman–Crippen LogP) is 1.97. The van der Waals surface area contributed by atoms with Crippen LogP contribution in [0.4, 0.5) is 5.69 Å². The van der Waals surface area contributed by atoms with Gasteiger partial charge in [-0.2, -0.15) is 0 Å². The fraction of sp³-hybridized carbons (Fsp3) is 0.417. The molecule has 3 N–H and O–H groups in total. The summed E-state index contributed by atoms with van der Waals surface area (Å²) in [5, 5.41) is 3.06. The molecule has 4 heteroatoms. The summed E-state index contributed by atoms with van der Waals surface area (Å²) in [4.78, 5) is 4.30. The smallest absolute Gasteiger partial charge is 0.193 e. The number of ether oxygens (including phenoxy) is 1. The van der Waals surface area contributed by atoms with E-state index in [-0.39, 0.29) is 0 Å². The Morgan fingerprint density at radius 3 is 3.06 bits per heavy atom. The van der Waals surface area contributed by atoms with Crippen LogP contribution in [0.1, 0.15) is 19.8 Å². The van der Waals surface area contributed by atoms with Gasteiger partial charge < -0.3 is 15.8 Å². The number of nitrogens with zero attached hydrogens (tertiary/aromatic N) is 1. The molecule has 4 nitrogen and oxygen atoms in total. The zero-order valence-corrected chi connectivity index (χ0v) is 9.44. The van der Waals surface area contributed by atoms with Crippen LogP contribution in [0.25, 0.3) is 0 Å². The summed E-state index contributed by atoms with van der Waals surface area (Å²) >= 11 is 0. The van der Waals surface area contributed by atoms with Gasteiger partial charge in [0.25, 0.3) is 0 Å². The van der Waals surface area contributed by atoms with Gasteiger partial charge in [0.05, 0.1) is 12.6 Å². The van der Waals surface area contributed by atoms with Crippen LogP contribution in [0.15, 0.2) is 29.3 Å². The summed E-state index contributed by atoms with van der Waals surface area (Å²) in [7, 11) is 0. The minimum absolute atomic E-state index is 0.433. The van der Waals surface area contributed by atoms with Crippen molar-refractivity contribution >= 4 is 11.6 Å². The van der Waals surface area contributed by atoms with Gasteiger partial charge in [0.1, 0.15) is 5.75 Å². The van der Waals surface area contributed by atoms with E-state index in [1.165, 1.54) is 0 Å². The lowest BCUT2D eigenvalue weighted by Crippen LogP contribution is -2.23. The van der Waals surface area contributed by atoms with Crippen molar-refractivity contribution in [3.05, 3.63) is 24.3 Å². The topological polar surface area (TPSA) is 59.6 Å². The van der Waals surface area contributed by atoms with Crippen molar-refractivity contribution in [1.29, 1.82) is 0 Å². The summed E-state index contributed by atoms with van der Waals surface area (Å²) in [5.41, 5.74) is 6.68. The number of nitrogens with two attached hydrogens (primary N) is 1. The first-order valence-electron chi connectivity index (χ1n) is 5.61. The van der Waals surface area contributed by atoms with Gasteiger partial charge in [-0.05, 0) is 31.9 Å². The molecule has 86 valence electrons. The highest BCUT2D eigenvalue weighted by atomic mass is 16.5. The Hall–Kier alpha value is -1.71. The van der Waals surface area contributed by atoms with Crippen LogP contribution in [0.2, 0.25) is 0 Å². The normalized spacial score (nSPS) is 15.9. The number of guanidine groups is 1. The monoisotopic (exact) mass is 219 g/mol. The van der Waals surface area contributed by atoms with E-state index in [2.05, 4.69) is 10.3 Å². The van der Waals surface area contributed by atoms with Gasteiger partial charge in [0.15, 0.2) is 5.96 Å². The molecule has 16 heavy (non-hydrogen) atoms. The van der Waals surface area contributed by atoms with E-state index in [1.54, 1.807) is 0 Å². The standard InChI is InChI=1S/C12H17N3O/c1-2-16-11-5-3-4-10(8-11)15-12(13)14-9-6-7-9/h3-5,8-9H,2,6-7H2,1H3,(H3,13,14,15).